The fourth-order valence-corrected chi connectivity index (χ4v) is 3.15. The zero-order valence-electron chi connectivity index (χ0n) is 14.5. The van der Waals surface area contributed by atoms with Crippen molar-refractivity contribution >= 4 is 22.6 Å². The van der Waals surface area contributed by atoms with Crippen LogP contribution in [0.3, 0.4) is 0 Å². The Hall–Kier alpha value is -2.94. The first kappa shape index (κ1) is 16.9. The van der Waals surface area contributed by atoms with Crippen molar-refractivity contribution in [2.75, 3.05) is 0 Å². The van der Waals surface area contributed by atoms with E-state index in [-0.39, 0.29) is 24.3 Å². The molecule has 0 spiro atoms. The first-order valence-electron chi connectivity index (χ1n) is 8.52. The summed E-state index contributed by atoms with van der Waals surface area (Å²) >= 11 is 0. The Kier molecular flexibility index (Phi) is 4.94. The maximum absolute atomic E-state index is 13.0. The van der Waals surface area contributed by atoms with E-state index < -0.39 is 0 Å². The Morgan fingerprint density at radius 3 is 2.24 bits per heavy atom. The zero-order valence-corrected chi connectivity index (χ0v) is 14.5. The van der Waals surface area contributed by atoms with Crippen molar-refractivity contribution < 1.29 is 9.59 Å². The van der Waals surface area contributed by atoms with E-state index in [1.807, 2.05) is 67.6 Å². The van der Waals surface area contributed by atoms with Crippen LogP contribution < -0.4 is 0 Å². The molecule has 0 saturated carbocycles. The van der Waals surface area contributed by atoms with Gasteiger partial charge in [0.2, 0.25) is 5.91 Å². The molecule has 0 N–H and O–H groups in total. The molecule has 0 aliphatic rings. The molecule has 0 aromatic heterocycles. The molecule has 0 aliphatic carbocycles. The van der Waals surface area contributed by atoms with Crippen molar-refractivity contribution in [3.63, 3.8) is 0 Å². The van der Waals surface area contributed by atoms with E-state index in [2.05, 4.69) is 0 Å². The third kappa shape index (κ3) is 3.31. The lowest BCUT2D eigenvalue weighted by Gasteiger charge is -2.28. The van der Waals surface area contributed by atoms with Crippen LogP contribution in [0, 0.1) is 0 Å². The highest BCUT2D eigenvalue weighted by atomic mass is 16.2. The Bertz CT molecular complexity index is 897. The van der Waals surface area contributed by atoms with Gasteiger partial charge in [0, 0.05) is 12.0 Å². The van der Waals surface area contributed by atoms with Crippen molar-refractivity contribution in [1.82, 2.24) is 4.90 Å². The molecule has 0 radical (unpaired) electrons. The van der Waals surface area contributed by atoms with E-state index in [1.165, 1.54) is 4.90 Å². The van der Waals surface area contributed by atoms with Crippen molar-refractivity contribution in [2.24, 2.45) is 0 Å². The van der Waals surface area contributed by atoms with E-state index in [9.17, 15) is 9.59 Å². The summed E-state index contributed by atoms with van der Waals surface area (Å²) in [4.78, 5) is 27.0. The number of benzene rings is 3. The van der Waals surface area contributed by atoms with Gasteiger partial charge >= 0.3 is 0 Å². The molecule has 0 bridgehead atoms. The molecular formula is C22H21NO2. The summed E-state index contributed by atoms with van der Waals surface area (Å²) in [6, 6.07) is 22.6. The topological polar surface area (TPSA) is 37.4 Å². The summed E-state index contributed by atoms with van der Waals surface area (Å²) in [6.07, 6.45) is 0.285. The van der Waals surface area contributed by atoms with Gasteiger partial charge in [0.1, 0.15) is 0 Å². The van der Waals surface area contributed by atoms with Crippen molar-refractivity contribution in [3.05, 3.63) is 83.9 Å². The van der Waals surface area contributed by atoms with E-state index in [4.69, 9.17) is 0 Å². The molecule has 3 aromatic carbocycles. The number of imide groups is 1. The van der Waals surface area contributed by atoms with Crippen LogP contribution in [0.2, 0.25) is 0 Å². The lowest BCUT2D eigenvalue weighted by molar-refractivity contribution is -0.129. The molecule has 2 amide bonds. The first-order chi connectivity index (χ1) is 12.1. The molecule has 0 aliphatic heterocycles. The number of hydrogen-bond acceptors (Lipinski definition) is 2. The number of amides is 2. The smallest absolute Gasteiger partial charge is 0.261 e. The van der Waals surface area contributed by atoms with Crippen LogP contribution in [0.5, 0.6) is 0 Å². The van der Waals surface area contributed by atoms with Crippen molar-refractivity contribution in [3.8, 4) is 0 Å². The first-order valence-corrected chi connectivity index (χ1v) is 8.52. The van der Waals surface area contributed by atoms with E-state index in [1.54, 1.807) is 19.1 Å². The number of rotatable bonds is 4. The maximum Gasteiger partial charge on any atom is 0.261 e. The van der Waals surface area contributed by atoms with Crippen LogP contribution in [-0.2, 0) is 4.79 Å². The third-order valence-corrected chi connectivity index (χ3v) is 4.47. The van der Waals surface area contributed by atoms with Gasteiger partial charge in [-0.3, -0.25) is 14.5 Å². The van der Waals surface area contributed by atoms with Crippen LogP contribution in [-0.4, -0.2) is 16.7 Å². The Labute approximate surface area is 147 Å². The largest absolute Gasteiger partial charge is 0.274 e. The second kappa shape index (κ2) is 7.31. The second-order valence-corrected chi connectivity index (χ2v) is 6.03. The maximum atomic E-state index is 13.0. The predicted octanol–water partition coefficient (Wildman–Crippen LogP) is 4.98. The number of fused-ring (bicyclic) bond motifs is 1. The van der Waals surface area contributed by atoms with Crippen LogP contribution in [0.15, 0.2) is 72.8 Å². The fourth-order valence-electron chi connectivity index (χ4n) is 3.15. The minimum absolute atomic E-state index is 0.172. The van der Waals surface area contributed by atoms with Gasteiger partial charge in [0.05, 0.1) is 6.04 Å². The number of carbonyl (C=O) groups excluding carboxylic acids is 2. The minimum atomic E-state index is -0.341. The van der Waals surface area contributed by atoms with E-state index in [0.717, 1.165) is 16.3 Å². The molecule has 1 atom stereocenters. The standard InChI is InChI=1S/C22H21NO2/c1-3-21(24)23(22(25)18-11-5-4-6-12-18)16(2)19-15-9-13-17-10-7-8-14-20(17)19/h4-16H,3H2,1-2H3/t16-/m0/s1. The van der Waals surface area contributed by atoms with Gasteiger partial charge in [-0.25, -0.2) is 0 Å². The molecule has 3 aromatic rings. The molecular weight excluding hydrogens is 310 g/mol. The summed E-state index contributed by atoms with van der Waals surface area (Å²) < 4.78 is 0. The van der Waals surface area contributed by atoms with Crippen LogP contribution in [0.4, 0.5) is 0 Å². The number of carbonyl (C=O) groups is 2. The van der Waals surface area contributed by atoms with Crippen LogP contribution in [0.25, 0.3) is 10.8 Å². The highest BCUT2D eigenvalue weighted by Crippen LogP contribution is 2.29. The van der Waals surface area contributed by atoms with Crippen LogP contribution in [0.1, 0.15) is 42.2 Å². The van der Waals surface area contributed by atoms with E-state index in [0.29, 0.717) is 5.56 Å². The minimum Gasteiger partial charge on any atom is -0.274 e. The molecule has 0 fully saturated rings. The quantitative estimate of drug-likeness (QED) is 0.676. The van der Waals surface area contributed by atoms with Gasteiger partial charge < -0.3 is 0 Å². The molecule has 0 unspecified atom stereocenters. The SMILES string of the molecule is CCC(=O)N(C(=O)c1ccccc1)[C@@H](C)c1cccc2ccccc12. The average molecular weight is 331 g/mol. The lowest BCUT2D eigenvalue weighted by Crippen LogP contribution is -2.38. The normalized spacial score (nSPS) is 11.9. The average Bonchev–Trinajstić information content (AvgIpc) is 2.68. The van der Waals surface area contributed by atoms with Crippen molar-refractivity contribution in [2.45, 2.75) is 26.3 Å². The number of hydrogen-bond donors (Lipinski definition) is 0. The highest BCUT2D eigenvalue weighted by Gasteiger charge is 2.28. The van der Waals surface area contributed by atoms with Gasteiger partial charge in [-0.15, -0.1) is 0 Å². The Balaban J connectivity index is 2.07. The van der Waals surface area contributed by atoms with Gasteiger partial charge in [-0.05, 0) is 35.4 Å². The van der Waals surface area contributed by atoms with Gasteiger partial charge in [0.15, 0.2) is 0 Å². The molecule has 0 heterocycles. The Morgan fingerprint density at radius 2 is 1.52 bits per heavy atom. The molecule has 25 heavy (non-hydrogen) atoms. The molecule has 0 saturated heterocycles. The zero-order chi connectivity index (χ0) is 17.8. The van der Waals surface area contributed by atoms with Gasteiger partial charge in [0.25, 0.3) is 5.91 Å². The molecule has 3 rings (SSSR count). The predicted molar refractivity (Wildman–Crippen MR) is 100 cm³/mol. The van der Waals surface area contributed by atoms with Gasteiger partial charge in [-0.1, -0.05) is 67.6 Å². The highest BCUT2D eigenvalue weighted by molar-refractivity contribution is 6.05. The summed E-state index contributed by atoms with van der Waals surface area (Å²) in [5.74, 6) is -0.429. The van der Waals surface area contributed by atoms with Crippen LogP contribution >= 0.6 is 0 Å². The third-order valence-electron chi connectivity index (χ3n) is 4.47. The Morgan fingerprint density at radius 1 is 0.880 bits per heavy atom. The number of nitrogens with zero attached hydrogens (tertiary/aromatic N) is 1. The lowest BCUT2D eigenvalue weighted by atomic mass is 9.98. The second-order valence-electron chi connectivity index (χ2n) is 6.03. The summed E-state index contributed by atoms with van der Waals surface area (Å²) in [5.41, 5.74) is 1.50. The van der Waals surface area contributed by atoms with E-state index >= 15 is 0 Å². The van der Waals surface area contributed by atoms with Crippen molar-refractivity contribution in [1.29, 1.82) is 0 Å². The molecule has 3 heteroatoms. The van der Waals surface area contributed by atoms with Gasteiger partial charge in [-0.2, -0.15) is 0 Å². The molecule has 126 valence electrons. The monoisotopic (exact) mass is 331 g/mol. The summed E-state index contributed by atoms with van der Waals surface area (Å²) in [6.45, 7) is 3.69. The molecule has 3 nitrogen and oxygen atoms in total. The fraction of sp³-hybridized carbons (Fsp3) is 0.182. The summed E-state index contributed by atoms with van der Waals surface area (Å²) in [7, 11) is 0. The summed E-state index contributed by atoms with van der Waals surface area (Å²) in [5, 5.41) is 2.16.